The van der Waals surface area contributed by atoms with Gasteiger partial charge >= 0.3 is 0 Å². The molecule has 5 heteroatoms. The monoisotopic (exact) mass is 351 g/mol. The highest BCUT2D eigenvalue weighted by molar-refractivity contribution is 7.99. The van der Waals surface area contributed by atoms with Crippen molar-refractivity contribution in [3.05, 3.63) is 83.7 Å². The Morgan fingerprint density at radius 3 is 2.84 bits per heavy atom. The third-order valence-electron chi connectivity index (χ3n) is 3.77. The molecule has 0 atom stereocenters. The van der Waals surface area contributed by atoms with Crippen LogP contribution in [0.3, 0.4) is 0 Å². The number of rotatable bonds is 7. The first-order valence-electron chi connectivity index (χ1n) is 8.19. The van der Waals surface area contributed by atoms with Gasteiger partial charge in [-0.15, -0.1) is 11.8 Å². The molecule has 0 saturated heterocycles. The van der Waals surface area contributed by atoms with E-state index in [1.54, 1.807) is 18.0 Å². The van der Waals surface area contributed by atoms with Gasteiger partial charge in [-0.25, -0.2) is 0 Å². The first-order valence-corrected chi connectivity index (χ1v) is 9.34. The zero-order valence-corrected chi connectivity index (χ0v) is 15.0. The minimum Gasteiger partial charge on any atom is -0.325 e. The highest BCUT2D eigenvalue weighted by Gasteiger charge is 2.07. The van der Waals surface area contributed by atoms with E-state index in [1.807, 2.05) is 41.2 Å². The fourth-order valence-electron chi connectivity index (χ4n) is 2.60. The van der Waals surface area contributed by atoms with Crippen LogP contribution in [0.5, 0.6) is 0 Å². The Balaban J connectivity index is 1.54. The molecule has 0 fully saturated rings. The van der Waals surface area contributed by atoms with Crippen LogP contribution in [0.15, 0.2) is 67.0 Å². The molecule has 4 nitrogen and oxygen atoms in total. The lowest BCUT2D eigenvalue weighted by Crippen LogP contribution is -2.16. The van der Waals surface area contributed by atoms with Gasteiger partial charge in [-0.1, -0.05) is 48.0 Å². The molecular formula is C20H21N3OS. The van der Waals surface area contributed by atoms with Gasteiger partial charge in [-0.05, 0) is 30.2 Å². The molecule has 0 spiro atoms. The molecule has 25 heavy (non-hydrogen) atoms. The lowest BCUT2D eigenvalue weighted by Gasteiger charge is -2.11. The van der Waals surface area contributed by atoms with E-state index in [-0.39, 0.29) is 5.91 Å². The van der Waals surface area contributed by atoms with Crippen molar-refractivity contribution < 1.29 is 4.79 Å². The van der Waals surface area contributed by atoms with Crippen molar-refractivity contribution in [2.75, 3.05) is 11.1 Å². The molecule has 0 unspecified atom stereocenters. The maximum atomic E-state index is 12.3. The molecule has 0 aliphatic carbocycles. The zero-order valence-electron chi connectivity index (χ0n) is 14.2. The first kappa shape index (κ1) is 17.3. The summed E-state index contributed by atoms with van der Waals surface area (Å²) in [7, 11) is 0. The van der Waals surface area contributed by atoms with E-state index in [2.05, 4.69) is 41.6 Å². The molecule has 3 rings (SSSR count). The van der Waals surface area contributed by atoms with Crippen LogP contribution in [-0.2, 0) is 17.1 Å². The molecular weight excluding hydrogens is 330 g/mol. The quantitative estimate of drug-likeness (QED) is 0.697. The molecule has 2 aromatic carbocycles. The van der Waals surface area contributed by atoms with Crippen LogP contribution in [0.25, 0.3) is 0 Å². The number of nitrogens with one attached hydrogen (secondary N) is 1. The molecule has 0 aliphatic rings. The maximum absolute atomic E-state index is 12.3. The molecule has 1 aromatic heterocycles. The van der Waals surface area contributed by atoms with Gasteiger partial charge in [0.25, 0.3) is 0 Å². The molecule has 1 N–H and O–H groups in total. The molecule has 0 bridgehead atoms. The number of amides is 1. The van der Waals surface area contributed by atoms with Crippen LogP contribution in [0.1, 0.15) is 16.7 Å². The smallest absolute Gasteiger partial charge is 0.234 e. The third kappa shape index (κ3) is 5.22. The van der Waals surface area contributed by atoms with Gasteiger partial charge in [0.05, 0.1) is 12.3 Å². The Hall–Kier alpha value is -2.53. The fourth-order valence-corrected chi connectivity index (χ4v) is 3.37. The number of anilines is 1. The largest absolute Gasteiger partial charge is 0.325 e. The van der Waals surface area contributed by atoms with Gasteiger partial charge in [-0.3, -0.25) is 9.48 Å². The highest BCUT2D eigenvalue weighted by Crippen LogP contribution is 2.18. The van der Waals surface area contributed by atoms with E-state index in [9.17, 15) is 4.79 Å². The Morgan fingerprint density at radius 2 is 2.04 bits per heavy atom. The molecule has 1 heterocycles. The first-order chi connectivity index (χ1) is 12.2. The lowest BCUT2D eigenvalue weighted by atomic mass is 10.2. The van der Waals surface area contributed by atoms with Crippen LogP contribution in [0.4, 0.5) is 5.69 Å². The number of thioether (sulfide) groups is 1. The summed E-state index contributed by atoms with van der Waals surface area (Å²) < 4.78 is 1.84. The van der Waals surface area contributed by atoms with Crippen LogP contribution in [0, 0.1) is 6.92 Å². The van der Waals surface area contributed by atoms with E-state index in [0.717, 1.165) is 17.0 Å². The Kier molecular flexibility index (Phi) is 5.90. The van der Waals surface area contributed by atoms with Crippen molar-refractivity contribution in [3.8, 4) is 0 Å². The summed E-state index contributed by atoms with van der Waals surface area (Å²) in [5, 5.41) is 7.24. The van der Waals surface area contributed by atoms with E-state index in [1.165, 1.54) is 11.1 Å². The second kappa shape index (κ2) is 8.53. The summed E-state index contributed by atoms with van der Waals surface area (Å²) in [5.41, 5.74) is 4.38. The number of para-hydroxylation sites is 1. The molecule has 3 aromatic rings. The highest BCUT2D eigenvalue weighted by atomic mass is 32.2. The van der Waals surface area contributed by atoms with Crippen LogP contribution < -0.4 is 5.32 Å². The molecule has 0 saturated carbocycles. The van der Waals surface area contributed by atoms with E-state index in [0.29, 0.717) is 12.3 Å². The standard InChI is InChI=1S/C20H21N3OS/c1-16-6-4-7-17(12-16)14-25-15-20(24)22-19-9-3-2-8-18(19)13-23-11-5-10-21-23/h2-12H,13-15H2,1H3,(H,22,24). The average Bonchev–Trinajstić information content (AvgIpc) is 3.10. The van der Waals surface area contributed by atoms with Crippen molar-refractivity contribution in [1.29, 1.82) is 0 Å². The normalized spacial score (nSPS) is 10.6. The zero-order chi connectivity index (χ0) is 17.5. The van der Waals surface area contributed by atoms with Gasteiger partial charge in [0.15, 0.2) is 0 Å². The molecule has 128 valence electrons. The van der Waals surface area contributed by atoms with Crippen LogP contribution >= 0.6 is 11.8 Å². The van der Waals surface area contributed by atoms with Crippen molar-refractivity contribution in [1.82, 2.24) is 9.78 Å². The van der Waals surface area contributed by atoms with Crippen molar-refractivity contribution >= 4 is 23.4 Å². The molecule has 0 radical (unpaired) electrons. The number of carbonyl (C=O) groups is 1. The predicted octanol–water partition coefficient (Wildman–Crippen LogP) is 4.11. The topological polar surface area (TPSA) is 46.9 Å². The number of aromatic nitrogens is 2. The Labute approximate surface area is 152 Å². The number of hydrogen-bond donors (Lipinski definition) is 1. The van der Waals surface area contributed by atoms with E-state index < -0.39 is 0 Å². The van der Waals surface area contributed by atoms with E-state index >= 15 is 0 Å². The van der Waals surface area contributed by atoms with Crippen molar-refractivity contribution in [3.63, 3.8) is 0 Å². The van der Waals surface area contributed by atoms with Crippen LogP contribution in [0.2, 0.25) is 0 Å². The summed E-state index contributed by atoms with van der Waals surface area (Å²) in [6.07, 6.45) is 3.67. The number of benzene rings is 2. The fraction of sp³-hybridized carbons (Fsp3) is 0.200. The summed E-state index contributed by atoms with van der Waals surface area (Å²) in [4.78, 5) is 12.3. The van der Waals surface area contributed by atoms with Gasteiger partial charge < -0.3 is 5.32 Å². The second-order valence-corrected chi connectivity index (χ2v) is 6.88. The van der Waals surface area contributed by atoms with Crippen molar-refractivity contribution in [2.24, 2.45) is 0 Å². The SMILES string of the molecule is Cc1cccc(CSCC(=O)Nc2ccccc2Cn2cccn2)c1. The number of hydrogen-bond acceptors (Lipinski definition) is 3. The van der Waals surface area contributed by atoms with Crippen LogP contribution in [-0.4, -0.2) is 21.4 Å². The molecule has 1 amide bonds. The number of aryl methyl sites for hydroxylation is 1. The van der Waals surface area contributed by atoms with Gasteiger partial charge in [0.2, 0.25) is 5.91 Å². The Bertz CT molecular complexity index is 830. The second-order valence-electron chi connectivity index (χ2n) is 5.89. The summed E-state index contributed by atoms with van der Waals surface area (Å²) in [6.45, 7) is 2.72. The predicted molar refractivity (Wildman–Crippen MR) is 104 cm³/mol. The minimum absolute atomic E-state index is 0.0190. The average molecular weight is 351 g/mol. The summed E-state index contributed by atoms with van der Waals surface area (Å²) in [5.74, 6) is 1.29. The molecule has 0 aliphatic heterocycles. The van der Waals surface area contributed by atoms with Gasteiger partial charge in [0.1, 0.15) is 0 Å². The lowest BCUT2D eigenvalue weighted by molar-refractivity contribution is -0.113. The summed E-state index contributed by atoms with van der Waals surface area (Å²) >= 11 is 1.62. The third-order valence-corrected chi connectivity index (χ3v) is 4.77. The minimum atomic E-state index is 0.0190. The Morgan fingerprint density at radius 1 is 1.16 bits per heavy atom. The maximum Gasteiger partial charge on any atom is 0.234 e. The number of nitrogens with zero attached hydrogens (tertiary/aromatic N) is 2. The van der Waals surface area contributed by atoms with Crippen molar-refractivity contribution in [2.45, 2.75) is 19.2 Å². The van der Waals surface area contributed by atoms with Gasteiger partial charge in [-0.2, -0.15) is 5.10 Å². The number of carbonyl (C=O) groups excluding carboxylic acids is 1. The summed E-state index contributed by atoms with van der Waals surface area (Å²) in [6, 6.07) is 18.1. The van der Waals surface area contributed by atoms with E-state index in [4.69, 9.17) is 0 Å². The van der Waals surface area contributed by atoms with Gasteiger partial charge in [0, 0.05) is 23.8 Å².